The number of benzene rings is 1. The molecule has 3 heteroatoms. The molecule has 0 aliphatic carbocycles. The van der Waals surface area contributed by atoms with Gasteiger partial charge in [0.2, 0.25) is 0 Å². The largest absolute Gasteiger partial charge is 0.478 e. The fourth-order valence-electron chi connectivity index (χ4n) is 1.54. The van der Waals surface area contributed by atoms with E-state index in [1.54, 1.807) is 12.3 Å². The van der Waals surface area contributed by atoms with Gasteiger partial charge in [-0.05, 0) is 18.6 Å². The molecule has 0 fully saturated rings. The first-order valence-electron chi connectivity index (χ1n) is 4.92. The number of carbonyl (C=O) groups is 1. The zero-order chi connectivity index (χ0) is 11.5. The molecule has 80 valence electrons. The molecule has 0 spiro atoms. The molecule has 0 saturated carbocycles. The molecule has 2 aromatic rings. The molecular formula is C13H11NO2. The van der Waals surface area contributed by atoms with Crippen molar-refractivity contribution >= 4 is 5.97 Å². The van der Waals surface area contributed by atoms with Gasteiger partial charge in [-0.1, -0.05) is 29.8 Å². The van der Waals surface area contributed by atoms with E-state index in [0.717, 1.165) is 16.7 Å². The van der Waals surface area contributed by atoms with E-state index in [-0.39, 0.29) is 5.56 Å². The normalized spacial score (nSPS) is 10.1. The number of rotatable bonds is 2. The Kier molecular flexibility index (Phi) is 2.68. The Balaban J connectivity index is 2.48. The molecular weight excluding hydrogens is 202 g/mol. The van der Waals surface area contributed by atoms with Gasteiger partial charge in [-0.3, -0.25) is 4.98 Å². The summed E-state index contributed by atoms with van der Waals surface area (Å²) in [6.07, 6.45) is 3.02. The lowest BCUT2D eigenvalue weighted by atomic mass is 10.0. The van der Waals surface area contributed by atoms with Gasteiger partial charge in [-0.15, -0.1) is 0 Å². The SMILES string of the molecule is Cc1cccc(-c2cncc(C(=O)O)c2)c1. The van der Waals surface area contributed by atoms with E-state index in [2.05, 4.69) is 4.98 Å². The predicted octanol–water partition coefficient (Wildman–Crippen LogP) is 2.76. The number of aromatic carboxylic acids is 1. The predicted molar refractivity (Wildman–Crippen MR) is 61.4 cm³/mol. The van der Waals surface area contributed by atoms with Crippen LogP contribution in [0.3, 0.4) is 0 Å². The van der Waals surface area contributed by atoms with Crippen LogP contribution in [0.15, 0.2) is 42.7 Å². The van der Waals surface area contributed by atoms with Crippen molar-refractivity contribution in [3.63, 3.8) is 0 Å². The number of hydrogen-bond acceptors (Lipinski definition) is 2. The van der Waals surface area contributed by atoms with Crippen LogP contribution in [0.25, 0.3) is 11.1 Å². The van der Waals surface area contributed by atoms with Crippen molar-refractivity contribution in [2.45, 2.75) is 6.92 Å². The smallest absolute Gasteiger partial charge is 0.337 e. The maximum atomic E-state index is 10.8. The highest BCUT2D eigenvalue weighted by atomic mass is 16.4. The lowest BCUT2D eigenvalue weighted by Crippen LogP contribution is -1.97. The van der Waals surface area contributed by atoms with Gasteiger partial charge in [0.1, 0.15) is 0 Å². The monoisotopic (exact) mass is 213 g/mol. The van der Waals surface area contributed by atoms with Crippen molar-refractivity contribution in [3.8, 4) is 11.1 Å². The summed E-state index contributed by atoms with van der Waals surface area (Å²) < 4.78 is 0. The van der Waals surface area contributed by atoms with Crippen molar-refractivity contribution in [3.05, 3.63) is 53.9 Å². The molecule has 0 aliphatic rings. The van der Waals surface area contributed by atoms with Gasteiger partial charge >= 0.3 is 5.97 Å². The number of carboxylic acids is 1. The first-order chi connectivity index (χ1) is 7.66. The van der Waals surface area contributed by atoms with E-state index in [0.29, 0.717) is 0 Å². The Hall–Kier alpha value is -2.16. The number of carboxylic acid groups (broad SMARTS) is 1. The van der Waals surface area contributed by atoms with E-state index in [9.17, 15) is 4.79 Å². The zero-order valence-corrected chi connectivity index (χ0v) is 8.84. The van der Waals surface area contributed by atoms with Crippen molar-refractivity contribution in [1.29, 1.82) is 0 Å². The summed E-state index contributed by atoms with van der Waals surface area (Å²) >= 11 is 0. The molecule has 1 aromatic heterocycles. The number of nitrogens with zero attached hydrogens (tertiary/aromatic N) is 1. The quantitative estimate of drug-likeness (QED) is 0.834. The fraction of sp³-hybridized carbons (Fsp3) is 0.0769. The highest BCUT2D eigenvalue weighted by molar-refractivity contribution is 5.88. The maximum absolute atomic E-state index is 10.8. The van der Waals surface area contributed by atoms with Crippen LogP contribution >= 0.6 is 0 Å². The van der Waals surface area contributed by atoms with Gasteiger partial charge < -0.3 is 5.11 Å². The third-order valence-corrected chi connectivity index (χ3v) is 2.34. The molecule has 0 unspecified atom stereocenters. The van der Waals surface area contributed by atoms with Crippen LogP contribution in [0.2, 0.25) is 0 Å². The van der Waals surface area contributed by atoms with Crippen molar-refractivity contribution in [1.82, 2.24) is 4.98 Å². The summed E-state index contributed by atoms with van der Waals surface area (Å²) in [6.45, 7) is 2.00. The summed E-state index contributed by atoms with van der Waals surface area (Å²) in [5.41, 5.74) is 3.15. The minimum Gasteiger partial charge on any atom is -0.478 e. The number of pyridine rings is 1. The van der Waals surface area contributed by atoms with Crippen LogP contribution in [0.4, 0.5) is 0 Å². The standard InChI is InChI=1S/C13H11NO2/c1-9-3-2-4-10(5-9)11-6-12(13(15)16)8-14-7-11/h2-8H,1H3,(H,15,16). The van der Waals surface area contributed by atoms with Gasteiger partial charge in [0.25, 0.3) is 0 Å². The van der Waals surface area contributed by atoms with E-state index in [1.807, 2.05) is 31.2 Å². The summed E-state index contributed by atoms with van der Waals surface area (Å²) in [6, 6.07) is 9.51. The third-order valence-electron chi connectivity index (χ3n) is 2.34. The van der Waals surface area contributed by atoms with E-state index >= 15 is 0 Å². The second-order valence-electron chi connectivity index (χ2n) is 3.64. The Morgan fingerprint density at radius 3 is 2.69 bits per heavy atom. The second-order valence-corrected chi connectivity index (χ2v) is 3.64. The van der Waals surface area contributed by atoms with Gasteiger partial charge in [0.05, 0.1) is 5.56 Å². The summed E-state index contributed by atoms with van der Waals surface area (Å²) in [5, 5.41) is 8.87. The molecule has 0 atom stereocenters. The molecule has 0 radical (unpaired) electrons. The third kappa shape index (κ3) is 2.08. The first kappa shape index (κ1) is 10.4. The molecule has 16 heavy (non-hydrogen) atoms. The lowest BCUT2D eigenvalue weighted by molar-refractivity contribution is 0.0696. The molecule has 0 bridgehead atoms. The number of aryl methyl sites for hydroxylation is 1. The summed E-state index contributed by atoms with van der Waals surface area (Å²) in [5.74, 6) is -0.956. The Morgan fingerprint density at radius 1 is 1.19 bits per heavy atom. The second kappa shape index (κ2) is 4.14. The Bertz CT molecular complexity index is 535. The van der Waals surface area contributed by atoms with Crippen LogP contribution in [0.5, 0.6) is 0 Å². The van der Waals surface area contributed by atoms with Crippen LogP contribution in [0.1, 0.15) is 15.9 Å². The molecule has 0 saturated heterocycles. The minimum atomic E-state index is -0.956. The highest BCUT2D eigenvalue weighted by Gasteiger charge is 2.05. The molecule has 0 amide bonds. The van der Waals surface area contributed by atoms with Crippen LogP contribution in [-0.2, 0) is 0 Å². The molecule has 1 aromatic carbocycles. The lowest BCUT2D eigenvalue weighted by Gasteiger charge is -2.03. The Labute approximate surface area is 93.4 Å². The van der Waals surface area contributed by atoms with E-state index in [4.69, 9.17) is 5.11 Å². The Morgan fingerprint density at radius 2 is 2.00 bits per heavy atom. The summed E-state index contributed by atoms with van der Waals surface area (Å²) in [4.78, 5) is 14.7. The van der Waals surface area contributed by atoms with E-state index in [1.165, 1.54) is 6.20 Å². The number of hydrogen-bond donors (Lipinski definition) is 1. The van der Waals surface area contributed by atoms with Crippen LogP contribution in [-0.4, -0.2) is 16.1 Å². The average molecular weight is 213 g/mol. The van der Waals surface area contributed by atoms with Gasteiger partial charge in [-0.2, -0.15) is 0 Å². The highest BCUT2D eigenvalue weighted by Crippen LogP contribution is 2.20. The molecule has 1 heterocycles. The molecule has 0 aliphatic heterocycles. The van der Waals surface area contributed by atoms with Gasteiger partial charge in [-0.25, -0.2) is 4.79 Å². The van der Waals surface area contributed by atoms with Crippen LogP contribution in [0, 0.1) is 6.92 Å². The average Bonchev–Trinajstić information content (AvgIpc) is 2.29. The van der Waals surface area contributed by atoms with Gasteiger partial charge in [0, 0.05) is 18.0 Å². The van der Waals surface area contributed by atoms with E-state index < -0.39 is 5.97 Å². The minimum absolute atomic E-state index is 0.207. The van der Waals surface area contributed by atoms with Crippen molar-refractivity contribution in [2.24, 2.45) is 0 Å². The van der Waals surface area contributed by atoms with Crippen molar-refractivity contribution in [2.75, 3.05) is 0 Å². The number of aromatic nitrogens is 1. The van der Waals surface area contributed by atoms with Gasteiger partial charge in [0.15, 0.2) is 0 Å². The first-order valence-corrected chi connectivity index (χ1v) is 4.92. The van der Waals surface area contributed by atoms with Crippen molar-refractivity contribution < 1.29 is 9.90 Å². The fourth-order valence-corrected chi connectivity index (χ4v) is 1.54. The molecule has 2 rings (SSSR count). The zero-order valence-electron chi connectivity index (χ0n) is 8.84. The molecule has 1 N–H and O–H groups in total. The maximum Gasteiger partial charge on any atom is 0.337 e. The summed E-state index contributed by atoms with van der Waals surface area (Å²) in [7, 11) is 0. The van der Waals surface area contributed by atoms with Crippen LogP contribution < -0.4 is 0 Å². The molecule has 3 nitrogen and oxygen atoms in total. The topological polar surface area (TPSA) is 50.2 Å².